The van der Waals surface area contributed by atoms with Gasteiger partial charge in [-0.25, -0.2) is 4.39 Å². The average molecular weight is 724 g/mol. The number of likely N-dealkylation sites (tertiary alicyclic amines) is 1. The van der Waals surface area contributed by atoms with Gasteiger partial charge in [-0.3, -0.25) is 29.5 Å². The van der Waals surface area contributed by atoms with Gasteiger partial charge in [-0.2, -0.15) is 5.01 Å². The number of anilines is 1. The number of aromatic hydroxyl groups is 1. The second-order valence-corrected chi connectivity index (χ2v) is 15.0. The van der Waals surface area contributed by atoms with Crippen LogP contribution in [0, 0.1) is 35.4 Å². The van der Waals surface area contributed by atoms with Crippen molar-refractivity contribution in [1.82, 2.24) is 9.91 Å². The van der Waals surface area contributed by atoms with Gasteiger partial charge in [0.2, 0.25) is 11.8 Å². The number of amides is 4. The Morgan fingerprint density at radius 1 is 0.923 bits per heavy atom. The van der Waals surface area contributed by atoms with Gasteiger partial charge >= 0.3 is 0 Å². The molecule has 0 spiro atoms. The van der Waals surface area contributed by atoms with Gasteiger partial charge in [0.05, 0.1) is 36.0 Å². The van der Waals surface area contributed by atoms with E-state index in [1.807, 2.05) is 18.2 Å². The molecule has 5 aliphatic rings. The summed E-state index contributed by atoms with van der Waals surface area (Å²) in [4.78, 5) is 59.9. The van der Waals surface area contributed by atoms with Crippen LogP contribution in [-0.2, 0) is 24.6 Å². The number of hydrogen-bond acceptors (Lipinski definition) is 7. The zero-order valence-corrected chi connectivity index (χ0v) is 29.4. The molecule has 0 aromatic heterocycles. The number of phenols is 1. The van der Waals surface area contributed by atoms with E-state index in [0.717, 1.165) is 42.7 Å². The second-order valence-electron chi connectivity index (χ2n) is 14.5. The first kappa shape index (κ1) is 34.1. The monoisotopic (exact) mass is 723 g/mol. The number of carbonyl (C=O) groups excluding carboxylic acids is 4. The summed E-state index contributed by atoms with van der Waals surface area (Å²) in [5.41, 5.74) is 3.96. The Morgan fingerprint density at radius 2 is 1.65 bits per heavy atom. The number of methoxy groups -OCH3 is 1. The van der Waals surface area contributed by atoms with Crippen LogP contribution in [0.5, 0.6) is 11.5 Å². The van der Waals surface area contributed by atoms with Gasteiger partial charge in [0.15, 0.2) is 11.5 Å². The highest BCUT2D eigenvalue weighted by Crippen LogP contribution is 2.61. The van der Waals surface area contributed by atoms with Crippen LogP contribution in [0.4, 0.5) is 10.1 Å². The Labute approximate surface area is 306 Å². The third kappa shape index (κ3) is 5.33. The number of carbonyl (C=O) groups is 4. The van der Waals surface area contributed by atoms with Gasteiger partial charge < -0.3 is 9.84 Å². The summed E-state index contributed by atoms with van der Waals surface area (Å²) in [6.45, 7) is 0. The van der Waals surface area contributed by atoms with Gasteiger partial charge in [0.25, 0.3) is 11.8 Å². The molecule has 0 unspecified atom stereocenters. The number of hydrazine groups is 1. The molecule has 8 rings (SSSR count). The van der Waals surface area contributed by atoms with E-state index < -0.39 is 52.6 Å². The number of benzene rings is 3. The summed E-state index contributed by atoms with van der Waals surface area (Å²) in [6, 6.07) is 17.1. The van der Waals surface area contributed by atoms with E-state index in [-0.39, 0.29) is 35.8 Å². The van der Waals surface area contributed by atoms with Crippen LogP contribution in [-0.4, -0.2) is 51.8 Å². The molecule has 0 radical (unpaired) electrons. The predicted molar refractivity (Wildman–Crippen MR) is 192 cm³/mol. The highest BCUT2D eigenvalue weighted by molar-refractivity contribution is 6.30. The first-order chi connectivity index (χ1) is 25.1. The molecule has 2 aliphatic heterocycles. The van der Waals surface area contributed by atoms with Crippen LogP contribution in [0.15, 0.2) is 84.5 Å². The molecule has 3 aliphatic carbocycles. The lowest BCUT2D eigenvalue weighted by atomic mass is 9.50. The smallest absolute Gasteiger partial charge is 0.260 e. The van der Waals surface area contributed by atoms with Gasteiger partial charge in [-0.15, -0.1) is 0 Å². The molecule has 6 atom stereocenters. The van der Waals surface area contributed by atoms with E-state index in [2.05, 4.69) is 5.43 Å². The first-order valence-corrected chi connectivity index (χ1v) is 18.3. The van der Waals surface area contributed by atoms with Crippen LogP contribution in [0.3, 0.4) is 0 Å². The Balaban J connectivity index is 1.28. The average Bonchev–Trinajstić information content (AvgIpc) is 3.53. The highest BCUT2D eigenvalue weighted by atomic mass is 35.5. The van der Waals surface area contributed by atoms with Crippen molar-refractivity contribution in [3.63, 3.8) is 0 Å². The molecule has 11 heteroatoms. The largest absolute Gasteiger partial charge is 0.504 e. The minimum atomic E-state index is -1.46. The molecule has 3 aromatic carbocycles. The zero-order chi connectivity index (χ0) is 36.3. The van der Waals surface area contributed by atoms with Gasteiger partial charge in [-0.05, 0) is 91.3 Å². The summed E-state index contributed by atoms with van der Waals surface area (Å²) in [5, 5.41) is 11.8. The van der Waals surface area contributed by atoms with Gasteiger partial charge in [-0.1, -0.05) is 72.9 Å². The summed E-state index contributed by atoms with van der Waals surface area (Å²) >= 11 is 6.37. The SMILES string of the molecule is COc1cc(C=C[C@H]2C3=CC[C@@H]4C(=O)N(C5CCCCC5)C(=O)[C@@H]4[C@@H]3C[C@H]3C(=O)N(Nc4ccc(F)cc4)C(=O)[C@@]23c2ccc(Cl)cc2)ccc1O. The van der Waals surface area contributed by atoms with Crippen LogP contribution < -0.4 is 10.2 Å². The predicted octanol–water partition coefficient (Wildman–Crippen LogP) is 7.06. The highest BCUT2D eigenvalue weighted by Gasteiger charge is 2.69. The normalized spacial score (nSPS) is 28.9. The molecular weight excluding hydrogens is 685 g/mol. The van der Waals surface area contributed by atoms with E-state index in [0.29, 0.717) is 28.3 Å². The van der Waals surface area contributed by atoms with Crippen molar-refractivity contribution in [3.8, 4) is 11.5 Å². The Bertz CT molecular complexity index is 2010. The molecule has 0 bridgehead atoms. The van der Waals surface area contributed by atoms with Crippen molar-refractivity contribution in [2.45, 2.75) is 56.4 Å². The number of nitrogens with one attached hydrogen (secondary N) is 1. The van der Waals surface area contributed by atoms with Crippen LogP contribution in [0.1, 0.15) is 56.1 Å². The second kappa shape index (κ2) is 13.2. The summed E-state index contributed by atoms with van der Waals surface area (Å²) in [7, 11) is 1.46. The van der Waals surface area contributed by atoms with Crippen molar-refractivity contribution >= 4 is 47.0 Å². The maximum atomic E-state index is 15.2. The molecule has 4 amide bonds. The summed E-state index contributed by atoms with van der Waals surface area (Å²) < 4.78 is 19.2. The van der Waals surface area contributed by atoms with Gasteiger partial charge in [0, 0.05) is 17.0 Å². The topological polar surface area (TPSA) is 116 Å². The molecule has 3 aromatic rings. The van der Waals surface area contributed by atoms with Crippen molar-refractivity contribution in [1.29, 1.82) is 0 Å². The third-order valence-corrected chi connectivity index (χ3v) is 12.2. The summed E-state index contributed by atoms with van der Waals surface area (Å²) in [6.07, 6.45) is 10.9. The fraction of sp³-hybridized carbons (Fsp3) is 0.366. The lowest BCUT2D eigenvalue weighted by Crippen LogP contribution is -2.54. The Kier molecular flexibility index (Phi) is 8.68. The van der Waals surface area contributed by atoms with Gasteiger partial charge in [0.1, 0.15) is 5.82 Å². The fourth-order valence-electron chi connectivity index (χ4n) is 9.63. The molecule has 2 heterocycles. The number of rotatable bonds is 7. The van der Waals surface area contributed by atoms with Crippen molar-refractivity contribution < 1.29 is 33.4 Å². The summed E-state index contributed by atoms with van der Waals surface area (Å²) in [5.74, 6) is -4.80. The van der Waals surface area contributed by atoms with Crippen LogP contribution in [0.2, 0.25) is 5.02 Å². The van der Waals surface area contributed by atoms with Crippen molar-refractivity contribution in [2.24, 2.45) is 29.6 Å². The molecule has 4 fully saturated rings. The van der Waals surface area contributed by atoms with Crippen LogP contribution >= 0.6 is 11.6 Å². The Morgan fingerprint density at radius 3 is 2.37 bits per heavy atom. The van der Waals surface area contributed by atoms with E-state index in [1.54, 1.807) is 36.4 Å². The van der Waals surface area contributed by atoms with E-state index in [9.17, 15) is 23.9 Å². The van der Waals surface area contributed by atoms with E-state index in [1.165, 1.54) is 42.3 Å². The third-order valence-electron chi connectivity index (χ3n) is 12.0. The molecule has 52 heavy (non-hydrogen) atoms. The maximum Gasteiger partial charge on any atom is 0.260 e. The number of halogens is 2. The standard InChI is InChI=1S/C41H39ClFN3O6/c1-52-35-21-23(8-20-34(35)47)7-19-32-29-17-18-30-36(39(50)45(37(30)48)28-5-3-2-4-6-28)31(29)22-33-38(49)46(44-27-15-13-26(43)14-16-27)40(51)41(32,33)24-9-11-25(42)12-10-24/h7-17,19-21,28,30-33,36,44,47H,2-6,18,22H2,1H3/t30-,31+,32-,33-,36-,41-/m0/s1. The number of allylic oxidation sites excluding steroid dienone is 3. The van der Waals surface area contributed by atoms with Crippen molar-refractivity contribution in [2.75, 3.05) is 12.5 Å². The van der Waals surface area contributed by atoms with Crippen molar-refractivity contribution in [3.05, 3.63) is 106 Å². The minimum absolute atomic E-state index is 0.0258. The molecule has 2 saturated heterocycles. The van der Waals surface area contributed by atoms with E-state index in [4.69, 9.17) is 16.3 Å². The number of imide groups is 2. The maximum absolute atomic E-state index is 15.2. The van der Waals surface area contributed by atoms with E-state index >= 15 is 4.79 Å². The number of fused-ring (bicyclic) bond motifs is 4. The molecule has 9 nitrogen and oxygen atoms in total. The van der Waals surface area contributed by atoms with Crippen LogP contribution in [0.25, 0.3) is 6.08 Å². The molecule has 268 valence electrons. The lowest BCUT2D eigenvalue weighted by Gasteiger charge is -2.49. The Hall–Kier alpha value is -4.96. The molecular formula is C41H39ClFN3O6. The lowest BCUT2D eigenvalue weighted by molar-refractivity contribution is -0.144. The molecule has 2 saturated carbocycles. The quantitative estimate of drug-likeness (QED) is 0.198. The number of ether oxygens (including phenoxy) is 1. The number of hydrogen-bond donors (Lipinski definition) is 2. The number of phenolic OH excluding ortho intramolecular Hbond substituents is 1. The number of nitrogens with zero attached hydrogens (tertiary/aromatic N) is 2. The first-order valence-electron chi connectivity index (χ1n) is 17.9. The fourth-order valence-corrected chi connectivity index (χ4v) is 9.76. The molecule has 2 N–H and O–H groups in total. The minimum Gasteiger partial charge on any atom is -0.504 e. The zero-order valence-electron chi connectivity index (χ0n) is 28.6.